The number of hydrogen-bond donors (Lipinski definition) is 1. The van der Waals surface area contributed by atoms with Crippen LogP contribution in [0.5, 0.6) is 0 Å². The highest BCUT2D eigenvalue weighted by Gasteiger charge is 2.31. The van der Waals surface area contributed by atoms with Crippen molar-refractivity contribution in [2.24, 2.45) is 5.92 Å². The van der Waals surface area contributed by atoms with Crippen LogP contribution in [-0.4, -0.2) is 30.9 Å². The van der Waals surface area contributed by atoms with Crippen molar-refractivity contribution >= 4 is 21.6 Å². The summed E-state index contributed by atoms with van der Waals surface area (Å²) >= 11 is 5.81. The Morgan fingerprint density at radius 3 is 2.80 bits per heavy atom. The van der Waals surface area contributed by atoms with Gasteiger partial charge in [-0.1, -0.05) is 18.5 Å². The van der Waals surface area contributed by atoms with Crippen LogP contribution in [0.4, 0.5) is 4.39 Å². The molecule has 0 amide bonds. The Morgan fingerprint density at radius 2 is 2.20 bits per heavy atom. The zero-order valence-electron chi connectivity index (χ0n) is 11.1. The van der Waals surface area contributed by atoms with E-state index in [4.69, 9.17) is 16.7 Å². The molecule has 112 valence electrons. The highest BCUT2D eigenvalue weighted by Crippen LogP contribution is 2.29. The molecule has 1 unspecified atom stereocenters. The van der Waals surface area contributed by atoms with Gasteiger partial charge in [0.25, 0.3) is 0 Å². The molecule has 1 fully saturated rings. The predicted molar refractivity (Wildman–Crippen MR) is 74.5 cm³/mol. The lowest BCUT2D eigenvalue weighted by molar-refractivity contribution is 0.272. The van der Waals surface area contributed by atoms with Gasteiger partial charge in [0.1, 0.15) is 10.7 Å². The second kappa shape index (κ2) is 5.97. The molecule has 0 aromatic heterocycles. The monoisotopic (exact) mass is 321 g/mol. The van der Waals surface area contributed by atoms with Crippen molar-refractivity contribution in [3.05, 3.63) is 28.5 Å². The van der Waals surface area contributed by atoms with Crippen LogP contribution in [0.1, 0.15) is 25.3 Å². The van der Waals surface area contributed by atoms with Crippen LogP contribution in [0, 0.1) is 11.7 Å². The number of piperidine rings is 1. The van der Waals surface area contributed by atoms with E-state index >= 15 is 0 Å². The van der Waals surface area contributed by atoms with Crippen molar-refractivity contribution in [3.63, 3.8) is 0 Å². The maximum absolute atomic E-state index is 14.2. The molecule has 1 aromatic carbocycles. The van der Waals surface area contributed by atoms with Gasteiger partial charge in [-0.15, -0.1) is 0 Å². The SMILES string of the molecule is CC1CCCN(S(=O)(=O)c2cc(Cl)cc(CO)c2F)C1. The lowest BCUT2D eigenvalue weighted by Gasteiger charge is -2.30. The van der Waals surface area contributed by atoms with Crippen LogP contribution in [-0.2, 0) is 16.6 Å². The average molecular weight is 322 g/mol. The quantitative estimate of drug-likeness (QED) is 0.930. The summed E-state index contributed by atoms with van der Waals surface area (Å²) in [6.07, 6.45) is 1.72. The highest BCUT2D eigenvalue weighted by molar-refractivity contribution is 7.89. The number of aliphatic hydroxyl groups excluding tert-OH is 1. The van der Waals surface area contributed by atoms with E-state index in [1.54, 1.807) is 0 Å². The summed E-state index contributed by atoms with van der Waals surface area (Å²) in [7, 11) is -3.92. The van der Waals surface area contributed by atoms with Gasteiger partial charge in [0.2, 0.25) is 10.0 Å². The van der Waals surface area contributed by atoms with Crippen molar-refractivity contribution in [2.45, 2.75) is 31.3 Å². The molecule has 1 saturated heterocycles. The van der Waals surface area contributed by atoms with Gasteiger partial charge in [-0.2, -0.15) is 4.31 Å². The number of halogens is 2. The van der Waals surface area contributed by atoms with E-state index in [1.807, 2.05) is 6.92 Å². The number of benzene rings is 1. The largest absolute Gasteiger partial charge is 0.392 e. The van der Waals surface area contributed by atoms with Crippen LogP contribution in [0.3, 0.4) is 0 Å². The standard InChI is InChI=1S/C13H17ClFNO3S/c1-9-3-2-4-16(7-9)20(18,19)12-6-11(14)5-10(8-17)13(12)15/h5-6,9,17H,2-4,7-8H2,1H3. The first kappa shape index (κ1) is 15.7. The van der Waals surface area contributed by atoms with Crippen molar-refractivity contribution < 1.29 is 17.9 Å². The maximum Gasteiger partial charge on any atom is 0.246 e. The maximum atomic E-state index is 14.2. The lowest BCUT2D eigenvalue weighted by Crippen LogP contribution is -2.39. The Bertz CT molecular complexity index is 606. The Balaban J connectivity index is 2.46. The molecule has 20 heavy (non-hydrogen) atoms. The van der Waals surface area contributed by atoms with Crippen LogP contribution in [0.2, 0.25) is 5.02 Å². The third-order valence-corrected chi connectivity index (χ3v) is 5.57. The van der Waals surface area contributed by atoms with Gasteiger partial charge in [-0.25, -0.2) is 12.8 Å². The van der Waals surface area contributed by atoms with E-state index in [9.17, 15) is 12.8 Å². The minimum absolute atomic E-state index is 0.0964. The smallest absolute Gasteiger partial charge is 0.246 e. The third kappa shape index (κ3) is 2.98. The molecule has 1 N–H and O–H groups in total. The Kier molecular flexibility index (Phi) is 4.69. The summed E-state index contributed by atoms with van der Waals surface area (Å²) in [4.78, 5) is -0.455. The van der Waals surface area contributed by atoms with Crippen LogP contribution in [0.15, 0.2) is 17.0 Å². The molecule has 2 rings (SSSR count). The molecule has 1 heterocycles. The Labute approximate surface area is 123 Å². The van der Waals surface area contributed by atoms with Gasteiger partial charge in [0.15, 0.2) is 0 Å². The van der Waals surface area contributed by atoms with Gasteiger partial charge in [-0.3, -0.25) is 0 Å². The molecule has 0 radical (unpaired) electrons. The van der Waals surface area contributed by atoms with Gasteiger partial charge in [0.05, 0.1) is 6.61 Å². The average Bonchev–Trinajstić information content (AvgIpc) is 2.40. The zero-order valence-corrected chi connectivity index (χ0v) is 12.7. The van der Waals surface area contributed by atoms with Crippen molar-refractivity contribution in [1.29, 1.82) is 0 Å². The Hall–Kier alpha value is -0.690. The minimum Gasteiger partial charge on any atom is -0.392 e. The van der Waals surface area contributed by atoms with Gasteiger partial charge in [-0.05, 0) is 30.9 Å². The minimum atomic E-state index is -3.92. The second-order valence-corrected chi connectivity index (χ2v) is 7.49. The zero-order chi connectivity index (χ0) is 14.9. The normalized spacial score (nSPS) is 21.1. The van der Waals surface area contributed by atoms with E-state index in [-0.39, 0.29) is 16.5 Å². The molecule has 1 aliphatic heterocycles. The fourth-order valence-electron chi connectivity index (χ4n) is 2.42. The number of rotatable bonds is 3. The molecule has 7 heteroatoms. The second-order valence-electron chi connectivity index (χ2n) is 5.15. The summed E-state index contributed by atoms with van der Waals surface area (Å²) in [6.45, 7) is 2.14. The van der Waals surface area contributed by atoms with E-state index in [0.29, 0.717) is 13.1 Å². The van der Waals surface area contributed by atoms with E-state index in [2.05, 4.69) is 0 Å². The fourth-order valence-corrected chi connectivity index (χ4v) is 4.46. The van der Waals surface area contributed by atoms with Crippen molar-refractivity contribution in [3.8, 4) is 0 Å². The summed E-state index contributed by atoms with van der Waals surface area (Å²) < 4.78 is 40.5. The van der Waals surface area contributed by atoms with Crippen LogP contribution < -0.4 is 0 Å². The fraction of sp³-hybridized carbons (Fsp3) is 0.538. The van der Waals surface area contributed by atoms with E-state index < -0.39 is 27.3 Å². The summed E-state index contributed by atoms with van der Waals surface area (Å²) in [5, 5.41) is 9.17. The van der Waals surface area contributed by atoms with Gasteiger partial charge >= 0.3 is 0 Å². The summed E-state index contributed by atoms with van der Waals surface area (Å²) in [6, 6.07) is 2.33. The third-order valence-electron chi connectivity index (χ3n) is 3.49. The van der Waals surface area contributed by atoms with E-state index in [1.165, 1.54) is 10.4 Å². The molecule has 4 nitrogen and oxygen atoms in total. The van der Waals surface area contributed by atoms with Gasteiger partial charge in [0, 0.05) is 23.7 Å². The first-order valence-electron chi connectivity index (χ1n) is 6.45. The first-order chi connectivity index (χ1) is 9.36. The number of nitrogens with zero attached hydrogens (tertiary/aromatic N) is 1. The van der Waals surface area contributed by atoms with E-state index in [0.717, 1.165) is 18.9 Å². The number of aliphatic hydroxyl groups is 1. The van der Waals surface area contributed by atoms with Gasteiger partial charge < -0.3 is 5.11 Å². The molecule has 1 atom stereocenters. The lowest BCUT2D eigenvalue weighted by atomic mass is 10.0. The highest BCUT2D eigenvalue weighted by atomic mass is 35.5. The predicted octanol–water partition coefficient (Wildman–Crippen LogP) is 2.39. The number of hydrogen-bond acceptors (Lipinski definition) is 3. The topological polar surface area (TPSA) is 57.6 Å². The Morgan fingerprint density at radius 1 is 1.50 bits per heavy atom. The summed E-state index contributed by atoms with van der Waals surface area (Å²) in [5.74, 6) is -0.673. The van der Waals surface area contributed by atoms with Crippen LogP contribution in [0.25, 0.3) is 0 Å². The molecule has 0 bridgehead atoms. The molecule has 0 saturated carbocycles. The first-order valence-corrected chi connectivity index (χ1v) is 8.27. The van der Waals surface area contributed by atoms with Crippen molar-refractivity contribution in [1.82, 2.24) is 4.31 Å². The van der Waals surface area contributed by atoms with Crippen molar-refractivity contribution in [2.75, 3.05) is 13.1 Å². The molecule has 0 spiro atoms. The number of sulfonamides is 1. The molecule has 1 aliphatic rings. The molecular weight excluding hydrogens is 305 g/mol. The van der Waals surface area contributed by atoms with Crippen LogP contribution >= 0.6 is 11.6 Å². The molecule has 0 aliphatic carbocycles. The molecular formula is C13H17ClFNO3S. The molecule has 1 aromatic rings. The summed E-state index contributed by atoms with van der Waals surface area (Å²) in [5.41, 5.74) is -0.110.